The molecule has 23 heavy (non-hydrogen) atoms. The zero-order valence-electron chi connectivity index (χ0n) is 12.7. The molecular weight excluding hydrogens is 346 g/mol. The lowest BCUT2D eigenvalue weighted by Crippen LogP contribution is -2.27. The standard InChI is InChI=1S/C17H15NO2S3/c1-3-18-16(19)14(23-17(18)21)10-12-6-9-15(20-12)22-13-7-4-11(2)5-8-13/h4-10H,3H2,1-2H3/b14-10+. The zero-order chi connectivity index (χ0) is 16.4. The Morgan fingerprint density at radius 1 is 1.26 bits per heavy atom. The maximum absolute atomic E-state index is 12.2. The average Bonchev–Trinajstić information content (AvgIpc) is 3.07. The number of hydrogen-bond donors (Lipinski definition) is 0. The van der Waals surface area contributed by atoms with Crippen molar-refractivity contribution >= 4 is 52.0 Å². The van der Waals surface area contributed by atoms with Crippen LogP contribution in [0.15, 0.2) is 55.7 Å². The number of carbonyl (C=O) groups is 1. The van der Waals surface area contributed by atoms with Crippen molar-refractivity contribution in [2.45, 2.75) is 23.8 Å². The van der Waals surface area contributed by atoms with E-state index in [1.54, 1.807) is 22.7 Å². The highest BCUT2D eigenvalue weighted by molar-refractivity contribution is 8.26. The molecule has 1 amide bonds. The minimum absolute atomic E-state index is 0.0494. The number of thioether (sulfide) groups is 1. The van der Waals surface area contributed by atoms with Crippen molar-refractivity contribution in [2.75, 3.05) is 6.54 Å². The number of benzene rings is 1. The van der Waals surface area contributed by atoms with Crippen molar-refractivity contribution in [3.05, 3.63) is 52.6 Å². The van der Waals surface area contributed by atoms with E-state index in [2.05, 4.69) is 31.2 Å². The fourth-order valence-electron chi connectivity index (χ4n) is 2.09. The molecule has 0 unspecified atom stereocenters. The fraction of sp³-hybridized carbons (Fsp3) is 0.176. The molecule has 3 nitrogen and oxygen atoms in total. The van der Waals surface area contributed by atoms with Crippen LogP contribution in [0.3, 0.4) is 0 Å². The molecule has 6 heteroatoms. The Kier molecular flexibility index (Phi) is 4.94. The third-order valence-electron chi connectivity index (χ3n) is 3.30. The van der Waals surface area contributed by atoms with E-state index in [9.17, 15) is 4.79 Å². The van der Waals surface area contributed by atoms with Gasteiger partial charge in [-0.25, -0.2) is 0 Å². The van der Waals surface area contributed by atoms with E-state index in [0.717, 1.165) is 9.99 Å². The molecule has 0 bridgehead atoms. The Morgan fingerprint density at radius 2 is 2.00 bits per heavy atom. The van der Waals surface area contributed by atoms with Crippen LogP contribution in [0.5, 0.6) is 0 Å². The molecule has 1 aromatic heterocycles. The maximum Gasteiger partial charge on any atom is 0.266 e. The number of rotatable bonds is 4. The second-order valence-electron chi connectivity index (χ2n) is 5.00. The van der Waals surface area contributed by atoms with Gasteiger partial charge < -0.3 is 4.42 Å². The summed E-state index contributed by atoms with van der Waals surface area (Å²) in [6, 6.07) is 12.1. The van der Waals surface area contributed by atoms with Gasteiger partial charge >= 0.3 is 0 Å². The van der Waals surface area contributed by atoms with Gasteiger partial charge in [-0.3, -0.25) is 9.69 Å². The van der Waals surface area contributed by atoms with Gasteiger partial charge in [0.15, 0.2) is 5.09 Å². The molecule has 0 spiro atoms. The second-order valence-corrected chi connectivity index (χ2v) is 7.75. The highest BCUT2D eigenvalue weighted by atomic mass is 32.2. The molecular formula is C17H15NO2S3. The number of hydrogen-bond acceptors (Lipinski definition) is 5. The van der Waals surface area contributed by atoms with Gasteiger partial charge in [0, 0.05) is 17.5 Å². The molecule has 0 aliphatic carbocycles. The number of carbonyl (C=O) groups excluding carboxylic acids is 1. The SMILES string of the molecule is CCN1C(=O)/C(=C\c2ccc(Sc3ccc(C)cc3)o2)SC1=S. The summed E-state index contributed by atoms with van der Waals surface area (Å²) < 4.78 is 6.39. The zero-order valence-corrected chi connectivity index (χ0v) is 15.2. The third kappa shape index (κ3) is 3.71. The summed E-state index contributed by atoms with van der Waals surface area (Å²) in [5.74, 6) is 0.614. The molecule has 3 rings (SSSR count). The number of amides is 1. The van der Waals surface area contributed by atoms with E-state index >= 15 is 0 Å². The normalized spacial score (nSPS) is 16.6. The Labute approximate surface area is 149 Å². The smallest absolute Gasteiger partial charge is 0.266 e. The minimum atomic E-state index is -0.0494. The maximum atomic E-state index is 12.2. The first-order valence-corrected chi connectivity index (χ1v) is 9.20. The van der Waals surface area contributed by atoms with E-state index in [-0.39, 0.29) is 5.91 Å². The summed E-state index contributed by atoms with van der Waals surface area (Å²) in [6.07, 6.45) is 1.76. The number of furan rings is 1. The van der Waals surface area contributed by atoms with Crippen molar-refractivity contribution < 1.29 is 9.21 Å². The van der Waals surface area contributed by atoms with Crippen LogP contribution in [-0.4, -0.2) is 21.7 Å². The Morgan fingerprint density at radius 3 is 2.65 bits per heavy atom. The van der Waals surface area contributed by atoms with Gasteiger partial charge in [0.1, 0.15) is 10.1 Å². The largest absolute Gasteiger partial charge is 0.450 e. The Balaban J connectivity index is 1.75. The Bertz CT molecular complexity index is 777. The molecule has 1 aliphatic heterocycles. The molecule has 0 saturated carbocycles. The lowest BCUT2D eigenvalue weighted by atomic mass is 10.2. The number of thiocarbonyl (C=S) groups is 1. The van der Waals surface area contributed by atoms with E-state index < -0.39 is 0 Å². The fourth-order valence-corrected chi connectivity index (χ4v) is 4.23. The van der Waals surface area contributed by atoms with Crippen LogP contribution in [0, 0.1) is 6.92 Å². The van der Waals surface area contributed by atoms with Crippen molar-refractivity contribution in [1.82, 2.24) is 4.90 Å². The quantitative estimate of drug-likeness (QED) is 0.568. The van der Waals surface area contributed by atoms with Gasteiger partial charge in [0.25, 0.3) is 5.91 Å². The predicted molar refractivity (Wildman–Crippen MR) is 99.6 cm³/mol. The van der Waals surface area contributed by atoms with Crippen LogP contribution < -0.4 is 0 Å². The predicted octanol–water partition coefficient (Wildman–Crippen LogP) is 4.96. The molecule has 118 valence electrons. The van der Waals surface area contributed by atoms with Crippen LogP contribution >= 0.6 is 35.7 Å². The summed E-state index contributed by atoms with van der Waals surface area (Å²) in [5.41, 5.74) is 1.23. The summed E-state index contributed by atoms with van der Waals surface area (Å²) in [4.78, 5) is 15.5. The monoisotopic (exact) mass is 361 g/mol. The van der Waals surface area contributed by atoms with Gasteiger partial charge in [-0.1, -0.05) is 53.4 Å². The minimum Gasteiger partial charge on any atom is -0.450 e. The lowest BCUT2D eigenvalue weighted by molar-refractivity contribution is -0.121. The topological polar surface area (TPSA) is 33.5 Å². The van der Waals surface area contributed by atoms with Crippen LogP contribution in [0.25, 0.3) is 6.08 Å². The molecule has 0 N–H and O–H groups in total. The first kappa shape index (κ1) is 16.4. The summed E-state index contributed by atoms with van der Waals surface area (Å²) in [6.45, 7) is 4.57. The third-order valence-corrected chi connectivity index (χ3v) is 5.61. The van der Waals surface area contributed by atoms with Gasteiger partial charge in [0.05, 0.1) is 4.91 Å². The van der Waals surface area contributed by atoms with Crippen LogP contribution in [0.4, 0.5) is 0 Å². The van der Waals surface area contributed by atoms with Crippen LogP contribution in [0.1, 0.15) is 18.2 Å². The molecule has 0 atom stereocenters. The molecule has 0 radical (unpaired) electrons. The van der Waals surface area contributed by atoms with Gasteiger partial charge in [-0.05, 0) is 38.1 Å². The first-order chi connectivity index (χ1) is 11.1. The molecule has 1 aromatic carbocycles. The lowest BCUT2D eigenvalue weighted by Gasteiger charge is -2.09. The van der Waals surface area contributed by atoms with Crippen LogP contribution in [-0.2, 0) is 4.79 Å². The summed E-state index contributed by atoms with van der Waals surface area (Å²) in [7, 11) is 0. The van der Waals surface area contributed by atoms with E-state index in [4.69, 9.17) is 16.6 Å². The van der Waals surface area contributed by atoms with Gasteiger partial charge in [-0.2, -0.15) is 0 Å². The molecule has 1 aliphatic rings. The second kappa shape index (κ2) is 6.95. The van der Waals surface area contributed by atoms with Crippen molar-refractivity contribution in [1.29, 1.82) is 0 Å². The van der Waals surface area contributed by atoms with Crippen molar-refractivity contribution in [2.24, 2.45) is 0 Å². The van der Waals surface area contributed by atoms with E-state index in [1.165, 1.54) is 17.3 Å². The van der Waals surface area contributed by atoms with Crippen LogP contribution in [0.2, 0.25) is 0 Å². The van der Waals surface area contributed by atoms with Gasteiger partial charge in [-0.15, -0.1) is 0 Å². The number of aryl methyl sites for hydroxylation is 1. The Hall–Kier alpha value is -1.50. The number of nitrogens with zero attached hydrogens (tertiary/aromatic N) is 1. The molecule has 2 aromatic rings. The summed E-state index contributed by atoms with van der Waals surface area (Å²) >= 11 is 8.08. The summed E-state index contributed by atoms with van der Waals surface area (Å²) in [5, 5.41) is 0.797. The van der Waals surface area contributed by atoms with Gasteiger partial charge in [0.2, 0.25) is 0 Å². The van der Waals surface area contributed by atoms with E-state index in [1.807, 2.05) is 19.1 Å². The number of likely N-dealkylation sites (N-methyl/N-ethyl adjacent to an activating group) is 1. The molecule has 1 fully saturated rings. The highest BCUT2D eigenvalue weighted by Gasteiger charge is 2.30. The highest BCUT2D eigenvalue weighted by Crippen LogP contribution is 2.34. The molecule has 1 saturated heterocycles. The first-order valence-electron chi connectivity index (χ1n) is 7.16. The van der Waals surface area contributed by atoms with Crippen molar-refractivity contribution in [3.8, 4) is 0 Å². The van der Waals surface area contributed by atoms with Crippen molar-refractivity contribution in [3.63, 3.8) is 0 Å². The molecule has 2 heterocycles. The average molecular weight is 362 g/mol. The van der Waals surface area contributed by atoms with E-state index in [0.29, 0.717) is 21.5 Å².